The van der Waals surface area contributed by atoms with Gasteiger partial charge in [-0.2, -0.15) is 0 Å². The van der Waals surface area contributed by atoms with Gasteiger partial charge in [0.1, 0.15) is 5.82 Å². The highest BCUT2D eigenvalue weighted by atomic mass is 127. The van der Waals surface area contributed by atoms with Crippen molar-refractivity contribution in [2.45, 2.75) is 26.7 Å². The van der Waals surface area contributed by atoms with Crippen molar-refractivity contribution in [2.24, 2.45) is 16.8 Å². The lowest BCUT2D eigenvalue weighted by Gasteiger charge is -2.21. The smallest absolute Gasteiger partial charge is 0.310 e. The monoisotopic (exact) mass is 489 g/mol. The molecule has 1 aliphatic heterocycles. The van der Waals surface area contributed by atoms with E-state index < -0.39 is 0 Å². The normalized spacial score (nSPS) is 19.4. The van der Waals surface area contributed by atoms with Crippen LogP contribution < -0.4 is 10.6 Å². The van der Waals surface area contributed by atoms with Gasteiger partial charge >= 0.3 is 5.97 Å². The molecular weight excluding hydrogens is 457 g/mol. The molecular formula is C19H32IN5O2. The zero-order valence-corrected chi connectivity index (χ0v) is 18.8. The van der Waals surface area contributed by atoms with Crippen molar-refractivity contribution < 1.29 is 9.53 Å². The lowest BCUT2D eigenvalue weighted by molar-refractivity contribution is -0.145. The Bertz CT molecular complexity index is 585. The number of likely N-dealkylation sites (tertiary alicyclic amines) is 1. The number of pyridine rings is 1. The number of rotatable bonds is 8. The topological polar surface area (TPSA) is 78.9 Å². The second-order valence-corrected chi connectivity index (χ2v) is 6.60. The number of ether oxygens (including phenoxy) is 1. The molecule has 0 radical (unpaired) electrons. The Morgan fingerprint density at radius 2 is 2.19 bits per heavy atom. The molecule has 1 aromatic rings. The Morgan fingerprint density at radius 3 is 2.85 bits per heavy atom. The number of carbonyl (C=O) groups excluding carboxylic acids is 1. The van der Waals surface area contributed by atoms with Crippen molar-refractivity contribution >= 4 is 41.7 Å². The second kappa shape index (κ2) is 12.7. The van der Waals surface area contributed by atoms with Crippen molar-refractivity contribution in [3.8, 4) is 0 Å². The Balaban J connectivity index is 0.00000364. The van der Waals surface area contributed by atoms with E-state index in [2.05, 4.69) is 34.4 Å². The van der Waals surface area contributed by atoms with Gasteiger partial charge in [-0.3, -0.25) is 9.79 Å². The number of unbranched alkanes of at least 4 members (excludes halogenated alkanes) is 1. The number of nitrogens with zero attached hydrogens (tertiary/aromatic N) is 3. The van der Waals surface area contributed by atoms with Gasteiger partial charge in [-0.1, -0.05) is 13.0 Å². The van der Waals surface area contributed by atoms with Gasteiger partial charge in [-0.15, -0.1) is 24.0 Å². The number of anilines is 1. The van der Waals surface area contributed by atoms with E-state index in [1.165, 1.54) is 7.11 Å². The third kappa shape index (κ3) is 7.51. The van der Waals surface area contributed by atoms with Crippen LogP contribution in [-0.2, 0) is 9.53 Å². The molecule has 0 bridgehead atoms. The first-order valence-corrected chi connectivity index (χ1v) is 9.41. The highest BCUT2D eigenvalue weighted by Gasteiger charge is 2.36. The molecule has 2 N–H and O–H groups in total. The van der Waals surface area contributed by atoms with Crippen LogP contribution in [0.15, 0.2) is 29.4 Å². The van der Waals surface area contributed by atoms with Crippen LogP contribution in [0.3, 0.4) is 0 Å². The maximum atomic E-state index is 11.9. The Labute approximate surface area is 179 Å². The van der Waals surface area contributed by atoms with Gasteiger partial charge in [0.05, 0.1) is 13.0 Å². The summed E-state index contributed by atoms with van der Waals surface area (Å²) in [5.41, 5.74) is 0. The Hall–Kier alpha value is -1.58. The fourth-order valence-electron chi connectivity index (χ4n) is 3.13. The summed E-state index contributed by atoms with van der Waals surface area (Å²) in [7, 11) is 1.45. The minimum absolute atomic E-state index is 0. The number of hydrogen-bond donors (Lipinski definition) is 2. The number of aromatic nitrogens is 1. The minimum atomic E-state index is -0.128. The van der Waals surface area contributed by atoms with E-state index in [1.807, 2.05) is 18.2 Å². The first kappa shape index (κ1) is 23.5. The summed E-state index contributed by atoms with van der Waals surface area (Å²) in [6, 6.07) is 5.85. The molecule has 2 heterocycles. The first-order chi connectivity index (χ1) is 12.7. The average molecular weight is 489 g/mol. The van der Waals surface area contributed by atoms with Gasteiger partial charge in [-0.25, -0.2) is 4.98 Å². The van der Waals surface area contributed by atoms with E-state index in [-0.39, 0.29) is 41.8 Å². The standard InChI is InChI=1S/C19H31N5O2.HI/c1-4-20-19(24-13-15(2)16(14-24)18(25)26-3)23-12-8-7-11-22-17-9-5-6-10-21-17;/h5-6,9-10,15-16H,4,7-8,11-14H2,1-3H3,(H,20,23)(H,21,22);1H. The molecule has 8 heteroatoms. The maximum Gasteiger partial charge on any atom is 0.310 e. The molecule has 0 aromatic carbocycles. The van der Waals surface area contributed by atoms with Crippen LogP contribution in [0, 0.1) is 11.8 Å². The van der Waals surface area contributed by atoms with Gasteiger partial charge in [0, 0.05) is 38.9 Å². The second-order valence-electron chi connectivity index (χ2n) is 6.60. The predicted molar refractivity (Wildman–Crippen MR) is 120 cm³/mol. The SMILES string of the molecule is CCNC(=NCCCCNc1ccccn1)N1CC(C)C(C(=O)OC)C1.I. The lowest BCUT2D eigenvalue weighted by atomic mass is 9.99. The molecule has 1 saturated heterocycles. The Kier molecular flexibility index (Phi) is 11.1. The zero-order chi connectivity index (χ0) is 18.8. The quantitative estimate of drug-likeness (QED) is 0.192. The van der Waals surface area contributed by atoms with Crippen molar-refractivity contribution in [3.63, 3.8) is 0 Å². The van der Waals surface area contributed by atoms with E-state index in [1.54, 1.807) is 6.20 Å². The molecule has 2 atom stereocenters. The summed E-state index contributed by atoms with van der Waals surface area (Å²) in [5.74, 6) is 1.87. The van der Waals surface area contributed by atoms with Gasteiger partial charge in [0.25, 0.3) is 0 Å². The average Bonchev–Trinajstić information content (AvgIpc) is 3.05. The van der Waals surface area contributed by atoms with Crippen LogP contribution in [-0.4, -0.2) is 61.6 Å². The molecule has 2 rings (SSSR count). The van der Waals surface area contributed by atoms with Gasteiger partial charge in [0.15, 0.2) is 5.96 Å². The van der Waals surface area contributed by atoms with Gasteiger partial charge < -0.3 is 20.3 Å². The molecule has 2 unspecified atom stereocenters. The zero-order valence-electron chi connectivity index (χ0n) is 16.5. The van der Waals surface area contributed by atoms with Gasteiger partial charge in [-0.05, 0) is 37.8 Å². The van der Waals surface area contributed by atoms with Crippen LogP contribution in [0.5, 0.6) is 0 Å². The van der Waals surface area contributed by atoms with E-state index in [0.29, 0.717) is 6.54 Å². The fraction of sp³-hybridized carbons (Fsp3) is 0.632. The van der Waals surface area contributed by atoms with Crippen LogP contribution in [0.25, 0.3) is 0 Å². The van der Waals surface area contributed by atoms with E-state index in [9.17, 15) is 4.79 Å². The molecule has 0 spiro atoms. The minimum Gasteiger partial charge on any atom is -0.469 e. The number of halogens is 1. The molecule has 7 nitrogen and oxygen atoms in total. The summed E-state index contributed by atoms with van der Waals surface area (Å²) in [4.78, 5) is 23.0. The number of guanidine groups is 1. The molecule has 0 amide bonds. The van der Waals surface area contributed by atoms with Crippen molar-refractivity contribution in [2.75, 3.05) is 45.2 Å². The molecule has 0 aliphatic carbocycles. The van der Waals surface area contributed by atoms with E-state index >= 15 is 0 Å². The summed E-state index contributed by atoms with van der Waals surface area (Å²) >= 11 is 0. The number of hydrogen-bond acceptors (Lipinski definition) is 5. The van der Waals surface area contributed by atoms with Crippen LogP contribution in [0.2, 0.25) is 0 Å². The largest absolute Gasteiger partial charge is 0.469 e. The fourth-order valence-corrected chi connectivity index (χ4v) is 3.13. The Morgan fingerprint density at radius 1 is 1.37 bits per heavy atom. The van der Waals surface area contributed by atoms with Crippen LogP contribution in [0.1, 0.15) is 26.7 Å². The third-order valence-electron chi connectivity index (χ3n) is 4.57. The molecule has 1 aromatic heterocycles. The number of aliphatic imine (C=N–C) groups is 1. The van der Waals surface area contributed by atoms with Crippen molar-refractivity contribution in [1.29, 1.82) is 0 Å². The number of esters is 1. The molecule has 0 saturated carbocycles. The van der Waals surface area contributed by atoms with Crippen molar-refractivity contribution in [1.82, 2.24) is 15.2 Å². The first-order valence-electron chi connectivity index (χ1n) is 9.41. The summed E-state index contributed by atoms with van der Waals surface area (Å²) in [5, 5.41) is 6.64. The van der Waals surface area contributed by atoms with Crippen molar-refractivity contribution in [3.05, 3.63) is 24.4 Å². The summed E-state index contributed by atoms with van der Waals surface area (Å²) < 4.78 is 4.92. The lowest BCUT2D eigenvalue weighted by Crippen LogP contribution is -2.40. The molecule has 27 heavy (non-hydrogen) atoms. The summed E-state index contributed by atoms with van der Waals surface area (Å²) in [6.45, 7) is 8.11. The number of methoxy groups -OCH3 is 1. The van der Waals surface area contributed by atoms with Crippen LogP contribution >= 0.6 is 24.0 Å². The number of carbonyl (C=O) groups is 1. The third-order valence-corrected chi connectivity index (χ3v) is 4.57. The molecule has 1 fully saturated rings. The maximum absolute atomic E-state index is 11.9. The van der Waals surface area contributed by atoms with Crippen LogP contribution in [0.4, 0.5) is 5.82 Å². The van der Waals surface area contributed by atoms with E-state index in [0.717, 1.165) is 50.8 Å². The predicted octanol–water partition coefficient (Wildman–Crippen LogP) is 2.60. The summed E-state index contributed by atoms with van der Waals surface area (Å²) in [6.07, 6.45) is 3.81. The highest BCUT2D eigenvalue weighted by molar-refractivity contribution is 14.0. The number of nitrogens with one attached hydrogen (secondary N) is 2. The van der Waals surface area contributed by atoms with Gasteiger partial charge in [0.2, 0.25) is 0 Å². The molecule has 1 aliphatic rings. The highest BCUT2D eigenvalue weighted by Crippen LogP contribution is 2.24. The molecule has 152 valence electrons. The van der Waals surface area contributed by atoms with E-state index in [4.69, 9.17) is 9.73 Å².